The van der Waals surface area contributed by atoms with E-state index >= 15 is 0 Å². The molecule has 0 spiro atoms. The van der Waals surface area contributed by atoms with Crippen LogP contribution in [0.3, 0.4) is 0 Å². The summed E-state index contributed by atoms with van der Waals surface area (Å²) >= 11 is 0. The third-order valence-corrected chi connectivity index (χ3v) is 3.96. The van der Waals surface area contributed by atoms with Crippen LogP contribution in [-0.2, 0) is 0 Å². The Hall–Kier alpha value is -1.69. The van der Waals surface area contributed by atoms with Gasteiger partial charge in [-0.05, 0) is 20.9 Å². The fraction of sp³-hybridized carbons (Fsp3) is 0.643. The molecule has 0 N–H and O–H groups in total. The van der Waals surface area contributed by atoms with Crippen molar-refractivity contribution >= 4 is 11.7 Å². The van der Waals surface area contributed by atoms with Gasteiger partial charge in [0.1, 0.15) is 11.5 Å². The normalized spacial score (nSPS) is 23.8. The third-order valence-electron chi connectivity index (χ3n) is 3.96. The van der Waals surface area contributed by atoms with Gasteiger partial charge in [-0.1, -0.05) is 0 Å². The van der Waals surface area contributed by atoms with Crippen LogP contribution in [-0.4, -0.2) is 72.0 Å². The number of hydrogen-bond acceptors (Lipinski definition) is 5. The van der Waals surface area contributed by atoms with Gasteiger partial charge in [0.2, 0.25) is 0 Å². The number of rotatable bonds is 2. The van der Waals surface area contributed by atoms with Gasteiger partial charge in [-0.2, -0.15) is 0 Å². The van der Waals surface area contributed by atoms with E-state index in [1.165, 1.54) is 0 Å². The fourth-order valence-corrected chi connectivity index (χ4v) is 2.39. The molecule has 1 aliphatic rings. The average Bonchev–Trinajstić information content (AvgIpc) is 2.43. The molecule has 1 aromatic rings. The lowest BCUT2D eigenvalue weighted by molar-refractivity contribution is 0.0409. The van der Waals surface area contributed by atoms with Crippen molar-refractivity contribution in [2.45, 2.75) is 25.9 Å². The molecule has 1 aliphatic heterocycles. The SMILES string of the molecule is C[C@@H]1CN(C(=O)c2cnc(N(C)C)cn2)C[C@H](C)N1C. The first-order valence-electron chi connectivity index (χ1n) is 6.90. The van der Waals surface area contributed by atoms with Gasteiger partial charge in [-0.15, -0.1) is 0 Å². The molecular formula is C14H23N5O. The van der Waals surface area contributed by atoms with Crippen molar-refractivity contribution in [3.05, 3.63) is 18.1 Å². The van der Waals surface area contributed by atoms with Crippen LogP contribution in [0.2, 0.25) is 0 Å². The molecule has 1 aromatic heterocycles. The molecule has 1 amide bonds. The highest BCUT2D eigenvalue weighted by atomic mass is 16.2. The number of likely N-dealkylation sites (N-methyl/N-ethyl adjacent to an activating group) is 1. The van der Waals surface area contributed by atoms with E-state index in [-0.39, 0.29) is 5.91 Å². The van der Waals surface area contributed by atoms with Gasteiger partial charge in [0.05, 0.1) is 12.4 Å². The predicted octanol–water partition coefficient (Wildman–Crippen LogP) is 0.707. The van der Waals surface area contributed by atoms with Gasteiger partial charge in [0.25, 0.3) is 5.91 Å². The van der Waals surface area contributed by atoms with Gasteiger partial charge < -0.3 is 9.80 Å². The molecule has 110 valence electrons. The van der Waals surface area contributed by atoms with E-state index < -0.39 is 0 Å². The molecule has 0 bridgehead atoms. The minimum atomic E-state index is -0.0328. The Morgan fingerprint density at radius 3 is 2.25 bits per heavy atom. The molecule has 0 radical (unpaired) electrons. The summed E-state index contributed by atoms with van der Waals surface area (Å²) < 4.78 is 0. The molecule has 2 atom stereocenters. The zero-order chi connectivity index (χ0) is 14.9. The van der Waals surface area contributed by atoms with Gasteiger partial charge >= 0.3 is 0 Å². The lowest BCUT2D eigenvalue weighted by Crippen LogP contribution is -2.56. The van der Waals surface area contributed by atoms with Crippen LogP contribution in [0.15, 0.2) is 12.4 Å². The molecule has 1 fully saturated rings. The van der Waals surface area contributed by atoms with Gasteiger partial charge in [0.15, 0.2) is 0 Å². The maximum absolute atomic E-state index is 12.5. The lowest BCUT2D eigenvalue weighted by atomic mass is 10.1. The minimum Gasteiger partial charge on any atom is -0.361 e. The van der Waals surface area contributed by atoms with Crippen molar-refractivity contribution in [3.8, 4) is 0 Å². The number of carbonyl (C=O) groups is 1. The molecule has 1 saturated heterocycles. The first-order chi connectivity index (χ1) is 9.40. The van der Waals surface area contributed by atoms with Crippen LogP contribution >= 0.6 is 0 Å². The quantitative estimate of drug-likeness (QED) is 0.797. The Morgan fingerprint density at radius 1 is 1.20 bits per heavy atom. The lowest BCUT2D eigenvalue weighted by Gasteiger charge is -2.42. The number of aromatic nitrogens is 2. The summed E-state index contributed by atoms with van der Waals surface area (Å²) in [5.41, 5.74) is 0.416. The minimum absolute atomic E-state index is 0.0328. The summed E-state index contributed by atoms with van der Waals surface area (Å²) in [6.07, 6.45) is 3.20. The molecule has 2 rings (SSSR count). The second-order valence-corrected chi connectivity index (χ2v) is 5.73. The van der Waals surface area contributed by atoms with Crippen LogP contribution < -0.4 is 4.90 Å². The Labute approximate surface area is 120 Å². The molecule has 2 heterocycles. The molecule has 0 unspecified atom stereocenters. The van der Waals surface area contributed by atoms with E-state index in [4.69, 9.17) is 0 Å². The number of nitrogens with zero attached hydrogens (tertiary/aromatic N) is 5. The topological polar surface area (TPSA) is 52.6 Å². The predicted molar refractivity (Wildman–Crippen MR) is 78.9 cm³/mol. The standard InChI is InChI=1S/C14H23N5O/c1-10-8-19(9-11(2)18(10)5)14(20)12-6-16-13(7-15-12)17(3)4/h6-7,10-11H,8-9H2,1-5H3/t10-,11+. The molecule has 6 nitrogen and oxygen atoms in total. The Balaban J connectivity index is 2.11. The van der Waals surface area contributed by atoms with Gasteiger partial charge in [-0.25, -0.2) is 9.97 Å². The summed E-state index contributed by atoms with van der Waals surface area (Å²) in [5, 5.41) is 0. The maximum Gasteiger partial charge on any atom is 0.274 e. The average molecular weight is 277 g/mol. The maximum atomic E-state index is 12.5. The summed E-state index contributed by atoms with van der Waals surface area (Å²) in [6.45, 7) is 5.74. The number of anilines is 1. The van der Waals surface area contributed by atoms with Crippen molar-refractivity contribution in [1.29, 1.82) is 0 Å². The monoisotopic (exact) mass is 277 g/mol. The first kappa shape index (κ1) is 14.7. The van der Waals surface area contributed by atoms with Crippen molar-refractivity contribution in [2.75, 3.05) is 39.1 Å². The van der Waals surface area contributed by atoms with Crippen molar-refractivity contribution in [3.63, 3.8) is 0 Å². The van der Waals surface area contributed by atoms with Crippen LogP contribution in [0.25, 0.3) is 0 Å². The van der Waals surface area contributed by atoms with Gasteiger partial charge in [-0.3, -0.25) is 9.69 Å². The Kier molecular flexibility index (Phi) is 4.23. The Morgan fingerprint density at radius 2 is 1.80 bits per heavy atom. The highest BCUT2D eigenvalue weighted by Crippen LogP contribution is 2.15. The van der Waals surface area contributed by atoms with E-state index in [0.717, 1.165) is 18.9 Å². The Bertz CT molecular complexity index is 461. The molecular weight excluding hydrogens is 254 g/mol. The van der Waals surface area contributed by atoms with E-state index in [2.05, 4.69) is 35.8 Å². The van der Waals surface area contributed by atoms with E-state index in [1.807, 2.05) is 23.9 Å². The van der Waals surface area contributed by atoms with Crippen molar-refractivity contribution in [1.82, 2.24) is 19.8 Å². The van der Waals surface area contributed by atoms with E-state index in [9.17, 15) is 4.79 Å². The number of piperazine rings is 1. The molecule has 0 saturated carbocycles. The summed E-state index contributed by atoms with van der Waals surface area (Å²) in [7, 11) is 5.90. The highest BCUT2D eigenvalue weighted by molar-refractivity contribution is 5.92. The number of amides is 1. The zero-order valence-corrected chi connectivity index (χ0v) is 12.9. The third kappa shape index (κ3) is 2.90. The second kappa shape index (κ2) is 5.75. The summed E-state index contributed by atoms with van der Waals surface area (Å²) in [4.78, 5) is 27.0. The van der Waals surface area contributed by atoms with Crippen LogP contribution in [0.1, 0.15) is 24.3 Å². The fourth-order valence-electron chi connectivity index (χ4n) is 2.39. The van der Waals surface area contributed by atoms with Crippen molar-refractivity contribution in [2.24, 2.45) is 0 Å². The highest BCUT2D eigenvalue weighted by Gasteiger charge is 2.30. The number of hydrogen-bond donors (Lipinski definition) is 0. The first-order valence-corrected chi connectivity index (χ1v) is 6.90. The zero-order valence-electron chi connectivity index (χ0n) is 12.9. The van der Waals surface area contributed by atoms with Gasteiger partial charge in [0, 0.05) is 39.3 Å². The van der Waals surface area contributed by atoms with Crippen molar-refractivity contribution < 1.29 is 4.79 Å². The molecule has 0 aliphatic carbocycles. The summed E-state index contributed by atoms with van der Waals surface area (Å²) in [6, 6.07) is 0.716. The molecule has 6 heteroatoms. The molecule has 0 aromatic carbocycles. The van der Waals surface area contributed by atoms with E-state index in [0.29, 0.717) is 17.8 Å². The largest absolute Gasteiger partial charge is 0.361 e. The smallest absolute Gasteiger partial charge is 0.274 e. The van der Waals surface area contributed by atoms with Crippen LogP contribution in [0, 0.1) is 0 Å². The van der Waals surface area contributed by atoms with Crippen LogP contribution in [0.4, 0.5) is 5.82 Å². The van der Waals surface area contributed by atoms with Crippen LogP contribution in [0.5, 0.6) is 0 Å². The number of carbonyl (C=O) groups excluding carboxylic acids is 1. The summed E-state index contributed by atoms with van der Waals surface area (Å²) in [5.74, 6) is 0.719. The second-order valence-electron chi connectivity index (χ2n) is 5.73. The van der Waals surface area contributed by atoms with E-state index in [1.54, 1.807) is 12.4 Å². The molecule has 20 heavy (non-hydrogen) atoms.